The molecule has 0 aromatic heterocycles. The van der Waals surface area contributed by atoms with Crippen LogP contribution < -0.4 is 10.6 Å². The normalized spacial score (nSPS) is 17.1. The second-order valence-corrected chi connectivity index (χ2v) is 7.21. The zero-order valence-electron chi connectivity index (χ0n) is 16.7. The third-order valence-corrected chi connectivity index (χ3v) is 5.06. The van der Waals surface area contributed by atoms with E-state index in [9.17, 15) is 9.50 Å². The SMILES string of the molecule is C/C=C(NCC1CCCCC1)/C(C)=C\NC(C)=NCc1cccc(O)c1F. The number of rotatable bonds is 7. The predicted octanol–water partition coefficient (Wildman–Crippen LogP) is 5.02. The number of nitrogens with zero attached hydrogens (tertiary/aromatic N) is 1. The van der Waals surface area contributed by atoms with Crippen molar-refractivity contribution >= 4 is 5.84 Å². The third kappa shape index (κ3) is 6.74. The molecule has 0 spiro atoms. The molecule has 0 amide bonds. The lowest BCUT2D eigenvalue weighted by Gasteiger charge is -2.23. The number of allylic oxidation sites excluding steroid dienone is 2. The van der Waals surface area contributed by atoms with E-state index in [1.165, 1.54) is 38.2 Å². The van der Waals surface area contributed by atoms with Crippen molar-refractivity contribution in [2.45, 2.75) is 59.4 Å². The number of phenolic OH excluding ortho intramolecular Hbond substituents is 1. The highest BCUT2D eigenvalue weighted by molar-refractivity contribution is 5.80. The summed E-state index contributed by atoms with van der Waals surface area (Å²) in [5.41, 5.74) is 2.60. The summed E-state index contributed by atoms with van der Waals surface area (Å²) in [7, 11) is 0. The van der Waals surface area contributed by atoms with Crippen molar-refractivity contribution in [2.75, 3.05) is 6.54 Å². The fourth-order valence-corrected chi connectivity index (χ4v) is 3.34. The molecule has 27 heavy (non-hydrogen) atoms. The summed E-state index contributed by atoms with van der Waals surface area (Å²) < 4.78 is 13.8. The Morgan fingerprint density at radius 1 is 1.26 bits per heavy atom. The fourth-order valence-electron chi connectivity index (χ4n) is 3.34. The molecule has 0 saturated heterocycles. The largest absolute Gasteiger partial charge is 0.505 e. The molecule has 1 aromatic carbocycles. The molecule has 0 atom stereocenters. The molecule has 0 aliphatic heterocycles. The Morgan fingerprint density at radius 3 is 2.70 bits per heavy atom. The maximum atomic E-state index is 13.8. The summed E-state index contributed by atoms with van der Waals surface area (Å²) in [6.45, 7) is 7.14. The maximum absolute atomic E-state index is 13.8. The van der Waals surface area contributed by atoms with E-state index in [4.69, 9.17) is 0 Å². The van der Waals surface area contributed by atoms with E-state index in [2.05, 4.69) is 28.6 Å². The van der Waals surface area contributed by atoms with Gasteiger partial charge in [0.25, 0.3) is 0 Å². The summed E-state index contributed by atoms with van der Waals surface area (Å²) in [4.78, 5) is 4.34. The molecule has 0 bridgehead atoms. The average molecular weight is 374 g/mol. The molecule has 148 valence electrons. The second-order valence-electron chi connectivity index (χ2n) is 7.21. The minimum Gasteiger partial charge on any atom is -0.505 e. The highest BCUT2D eigenvalue weighted by atomic mass is 19.1. The van der Waals surface area contributed by atoms with E-state index in [0.717, 1.165) is 23.7 Å². The Kier molecular flexibility index (Phi) is 8.37. The average Bonchev–Trinajstić information content (AvgIpc) is 2.68. The number of phenols is 1. The molecular weight excluding hydrogens is 341 g/mol. The first-order valence-corrected chi connectivity index (χ1v) is 9.82. The van der Waals surface area contributed by atoms with Gasteiger partial charge in [0.15, 0.2) is 11.6 Å². The van der Waals surface area contributed by atoms with E-state index in [-0.39, 0.29) is 12.3 Å². The molecule has 0 heterocycles. The molecule has 1 fully saturated rings. The first-order chi connectivity index (χ1) is 13.0. The van der Waals surface area contributed by atoms with Crippen molar-refractivity contribution in [3.63, 3.8) is 0 Å². The van der Waals surface area contributed by atoms with Crippen LogP contribution in [0.2, 0.25) is 0 Å². The van der Waals surface area contributed by atoms with Gasteiger partial charge >= 0.3 is 0 Å². The van der Waals surface area contributed by atoms with Crippen molar-refractivity contribution < 1.29 is 9.50 Å². The van der Waals surface area contributed by atoms with Crippen molar-refractivity contribution in [3.05, 3.63) is 53.1 Å². The molecule has 1 aromatic rings. The molecule has 1 saturated carbocycles. The first-order valence-electron chi connectivity index (χ1n) is 9.82. The van der Waals surface area contributed by atoms with Crippen LogP contribution in [-0.2, 0) is 6.54 Å². The lowest BCUT2D eigenvalue weighted by molar-refractivity contribution is 0.351. The number of amidine groups is 1. The van der Waals surface area contributed by atoms with Gasteiger partial charge in [0.1, 0.15) is 0 Å². The van der Waals surface area contributed by atoms with Crippen molar-refractivity contribution in [3.8, 4) is 5.75 Å². The number of halogens is 1. The van der Waals surface area contributed by atoms with Gasteiger partial charge in [-0.25, -0.2) is 4.39 Å². The van der Waals surface area contributed by atoms with E-state index in [1.807, 2.05) is 20.0 Å². The molecule has 0 radical (unpaired) electrons. The van der Waals surface area contributed by atoms with Crippen LogP contribution in [0.1, 0.15) is 58.4 Å². The molecular formula is C22H32FN3O. The highest BCUT2D eigenvalue weighted by Crippen LogP contribution is 2.23. The standard InChI is InChI=1S/C22H32FN3O/c1-4-20(26-14-18-9-6-5-7-10-18)16(2)13-24-17(3)25-15-19-11-8-12-21(27)22(19)23/h4,8,11-13,18,26-27H,5-7,9-10,14-15H2,1-3H3,(H,24,25)/b16-13-,20-4-. The van der Waals surface area contributed by atoms with Gasteiger partial charge in [-0.2, -0.15) is 0 Å². The molecule has 2 rings (SSSR count). The molecule has 1 aliphatic rings. The Bertz CT molecular complexity index is 704. The molecule has 0 unspecified atom stereocenters. The minimum absolute atomic E-state index is 0.183. The Labute approximate surface area is 162 Å². The van der Waals surface area contributed by atoms with Crippen molar-refractivity contribution in [1.82, 2.24) is 10.6 Å². The lowest BCUT2D eigenvalue weighted by atomic mass is 9.89. The summed E-state index contributed by atoms with van der Waals surface area (Å²) in [6, 6.07) is 4.57. The van der Waals surface area contributed by atoms with Gasteiger partial charge in [0.2, 0.25) is 0 Å². The summed E-state index contributed by atoms with van der Waals surface area (Å²) in [5, 5.41) is 16.1. The van der Waals surface area contributed by atoms with Crippen LogP contribution in [0.5, 0.6) is 5.75 Å². The fraction of sp³-hybridized carbons (Fsp3) is 0.500. The van der Waals surface area contributed by atoms with E-state index >= 15 is 0 Å². The molecule has 5 heteroatoms. The zero-order valence-corrected chi connectivity index (χ0v) is 16.7. The maximum Gasteiger partial charge on any atom is 0.169 e. The number of hydrogen-bond acceptors (Lipinski definition) is 3. The first kappa shape index (κ1) is 21.0. The van der Waals surface area contributed by atoms with E-state index in [1.54, 1.807) is 12.1 Å². The van der Waals surface area contributed by atoms with Crippen LogP contribution >= 0.6 is 0 Å². The minimum atomic E-state index is -0.608. The van der Waals surface area contributed by atoms with Crippen LogP contribution in [0.25, 0.3) is 0 Å². The van der Waals surface area contributed by atoms with Crippen LogP contribution in [0, 0.1) is 11.7 Å². The molecule has 4 nitrogen and oxygen atoms in total. The molecule has 1 aliphatic carbocycles. The number of benzene rings is 1. The van der Waals surface area contributed by atoms with Gasteiger partial charge in [-0.15, -0.1) is 0 Å². The van der Waals surface area contributed by atoms with Gasteiger partial charge < -0.3 is 15.7 Å². The topological polar surface area (TPSA) is 56.7 Å². The lowest BCUT2D eigenvalue weighted by Crippen LogP contribution is -2.25. The summed E-state index contributed by atoms with van der Waals surface area (Å²) in [5.74, 6) is 0.518. The smallest absolute Gasteiger partial charge is 0.169 e. The highest BCUT2D eigenvalue weighted by Gasteiger charge is 2.13. The van der Waals surface area contributed by atoms with Crippen LogP contribution in [0.4, 0.5) is 4.39 Å². The van der Waals surface area contributed by atoms with Crippen molar-refractivity contribution in [2.24, 2.45) is 10.9 Å². The monoisotopic (exact) mass is 373 g/mol. The number of aromatic hydroxyl groups is 1. The number of aliphatic imine (C=N–C) groups is 1. The van der Waals surface area contributed by atoms with Crippen LogP contribution in [-0.4, -0.2) is 17.5 Å². The van der Waals surface area contributed by atoms with Gasteiger partial charge in [0, 0.05) is 24.0 Å². The van der Waals surface area contributed by atoms with Crippen LogP contribution in [0.3, 0.4) is 0 Å². The van der Waals surface area contributed by atoms with Crippen molar-refractivity contribution in [1.29, 1.82) is 0 Å². The Hall–Kier alpha value is -2.30. The second kappa shape index (κ2) is 10.8. The van der Waals surface area contributed by atoms with Gasteiger partial charge in [-0.3, -0.25) is 4.99 Å². The Balaban J connectivity index is 1.86. The van der Waals surface area contributed by atoms with E-state index < -0.39 is 5.82 Å². The van der Waals surface area contributed by atoms with Gasteiger partial charge in [-0.1, -0.05) is 37.5 Å². The number of hydrogen-bond donors (Lipinski definition) is 3. The zero-order chi connectivity index (χ0) is 19.6. The van der Waals surface area contributed by atoms with Gasteiger partial charge in [-0.05, 0) is 51.2 Å². The summed E-state index contributed by atoms with van der Waals surface area (Å²) in [6.07, 6.45) is 10.7. The van der Waals surface area contributed by atoms with E-state index in [0.29, 0.717) is 11.4 Å². The quantitative estimate of drug-likeness (QED) is 0.357. The van der Waals surface area contributed by atoms with Crippen LogP contribution in [0.15, 0.2) is 46.7 Å². The van der Waals surface area contributed by atoms with Gasteiger partial charge in [0.05, 0.1) is 12.4 Å². The molecule has 3 N–H and O–H groups in total. The third-order valence-electron chi connectivity index (χ3n) is 5.06. The predicted molar refractivity (Wildman–Crippen MR) is 110 cm³/mol. The Morgan fingerprint density at radius 2 is 2.00 bits per heavy atom. The summed E-state index contributed by atoms with van der Waals surface area (Å²) >= 11 is 0. The number of nitrogens with one attached hydrogen (secondary N) is 2.